The first kappa shape index (κ1) is 20.2. The molecule has 3 aromatic rings. The predicted molar refractivity (Wildman–Crippen MR) is 102 cm³/mol. The number of hydrogen-bond donors (Lipinski definition) is 1. The minimum absolute atomic E-state index is 0.0132. The van der Waals surface area contributed by atoms with Gasteiger partial charge in [-0.1, -0.05) is 29.4 Å². The van der Waals surface area contributed by atoms with Crippen LogP contribution in [-0.4, -0.2) is 26.4 Å². The van der Waals surface area contributed by atoms with E-state index in [4.69, 9.17) is 11.6 Å². The highest BCUT2D eigenvalue weighted by Crippen LogP contribution is 2.30. The molecule has 28 heavy (non-hydrogen) atoms. The smallest absolute Gasteiger partial charge is 0.325 e. The monoisotopic (exact) mass is 426 g/mol. The largest absolute Gasteiger partial charge is 0.416 e. The van der Waals surface area contributed by atoms with Crippen molar-refractivity contribution >= 4 is 35.0 Å². The van der Waals surface area contributed by atoms with Gasteiger partial charge in [-0.25, -0.2) is 0 Å². The molecule has 0 atom stereocenters. The predicted octanol–water partition coefficient (Wildman–Crippen LogP) is 4.98. The summed E-state index contributed by atoms with van der Waals surface area (Å²) >= 11 is 7.29. The van der Waals surface area contributed by atoms with Crippen molar-refractivity contribution in [3.63, 3.8) is 0 Å². The molecule has 0 aliphatic heterocycles. The van der Waals surface area contributed by atoms with E-state index in [0.29, 0.717) is 10.2 Å². The van der Waals surface area contributed by atoms with Crippen molar-refractivity contribution < 1.29 is 18.0 Å². The van der Waals surface area contributed by atoms with Crippen molar-refractivity contribution in [2.75, 3.05) is 11.1 Å². The van der Waals surface area contributed by atoms with Crippen LogP contribution in [-0.2, 0) is 11.0 Å². The van der Waals surface area contributed by atoms with Gasteiger partial charge in [0.05, 0.1) is 17.0 Å². The molecule has 1 amide bonds. The molecule has 0 fully saturated rings. The van der Waals surface area contributed by atoms with E-state index in [2.05, 4.69) is 15.5 Å². The van der Waals surface area contributed by atoms with E-state index in [9.17, 15) is 18.0 Å². The quantitative estimate of drug-likeness (QED) is 0.584. The van der Waals surface area contributed by atoms with Crippen LogP contribution in [0.15, 0.2) is 53.9 Å². The van der Waals surface area contributed by atoms with E-state index >= 15 is 0 Å². The van der Waals surface area contributed by atoms with Gasteiger partial charge in [0.1, 0.15) is 6.33 Å². The van der Waals surface area contributed by atoms with Crippen LogP contribution in [0.2, 0.25) is 5.02 Å². The minimum Gasteiger partial charge on any atom is -0.325 e. The molecule has 0 saturated heterocycles. The van der Waals surface area contributed by atoms with Crippen LogP contribution in [0.3, 0.4) is 0 Å². The van der Waals surface area contributed by atoms with Gasteiger partial charge in [0.2, 0.25) is 5.91 Å². The number of nitrogens with zero attached hydrogens (tertiary/aromatic N) is 3. The average molecular weight is 427 g/mol. The van der Waals surface area contributed by atoms with Crippen LogP contribution in [0.5, 0.6) is 0 Å². The number of carbonyl (C=O) groups is 1. The van der Waals surface area contributed by atoms with Crippen LogP contribution < -0.4 is 5.32 Å². The van der Waals surface area contributed by atoms with E-state index in [-0.39, 0.29) is 17.3 Å². The number of aromatic nitrogens is 3. The number of amides is 1. The first-order valence-electron chi connectivity index (χ1n) is 8.00. The zero-order chi connectivity index (χ0) is 20.3. The molecule has 1 aromatic heterocycles. The van der Waals surface area contributed by atoms with Crippen molar-refractivity contribution in [1.29, 1.82) is 0 Å². The number of anilines is 1. The minimum atomic E-state index is -4.42. The van der Waals surface area contributed by atoms with E-state index in [0.717, 1.165) is 35.1 Å². The summed E-state index contributed by atoms with van der Waals surface area (Å²) < 4.78 is 39.4. The number of hydrogen-bond acceptors (Lipinski definition) is 4. The maximum atomic E-state index is 12.6. The van der Waals surface area contributed by atoms with Gasteiger partial charge < -0.3 is 5.32 Å². The van der Waals surface area contributed by atoms with Gasteiger partial charge in [0.15, 0.2) is 5.16 Å². The number of carbonyl (C=O) groups excluding carboxylic acids is 1. The molecular weight excluding hydrogens is 413 g/mol. The first-order valence-corrected chi connectivity index (χ1v) is 9.37. The van der Waals surface area contributed by atoms with Gasteiger partial charge in [0.25, 0.3) is 0 Å². The van der Waals surface area contributed by atoms with Crippen LogP contribution in [0.25, 0.3) is 5.69 Å². The summed E-state index contributed by atoms with van der Waals surface area (Å²) in [5, 5.41) is 11.5. The number of aryl methyl sites for hydroxylation is 1. The Hall–Kier alpha value is -2.52. The molecule has 0 saturated carbocycles. The fourth-order valence-corrected chi connectivity index (χ4v) is 3.20. The third-order valence-corrected chi connectivity index (χ3v) is 5.13. The maximum absolute atomic E-state index is 12.6. The molecule has 0 unspecified atom stereocenters. The molecule has 5 nitrogen and oxygen atoms in total. The molecule has 146 valence electrons. The van der Waals surface area contributed by atoms with E-state index in [1.807, 2.05) is 19.1 Å². The Kier molecular flexibility index (Phi) is 5.95. The Labute approximate surface area is 167 Å². The molecule has 2 aromatic carbocycles. The molecule has 10 heteroatoms. The van der Waals surface area contributed by atoms with E-state index in [1.54, 1.807) is 10.6 Å². The second-order valence-corrected chi connectivity index (χ2v) is 7.18. The highest BCUT2D eigenvalue weighted by molar-refractivity contribution is 7.99. The molecule has 3 rings (SSSR count). The van der Waals surface area contributed by atoms with Crippen LogP contribution in [0.1, 0.15) is 11.1 Å². The molecule has 0 aliphatic carbocycles. The average Bonchev–Trinajstić information content (AvgIpc) is 3.10. The molecule has 1 heterocycles. The highest BCUT2D eigenvalue weighted by Gasteiger charge is 2.30. The zero-order valence-electron chi connectivity index (χ0n) is 14.5. The van der Waals surface area contributed by atoms with Crippen molar-refractivity contribution in [3.8, 4) is 5.69 Å². The van der Waals surface area contributed by atoms with Gasteiger partial charge in [-0.15, -0.1) is 10.2 Å². The fourth-order valence-electron chi connectivity index (χ4n) is 2.30. The molecule has 0 radical (unpaired) electrons. The number of benzene rings is 2. The van der Waals surface area contributed by atoms with Gasteiger partial charge in [-0.3, -0.25) is 9.36 Å². The summed E-state index contributed by atoms with van der Waals surface area (Å²) in [7, 11) is 0. The Morgan fingerprint density at radius 3 is 2.57 bits per heavy atom. The van der Waals surface area contributed by atoms with Crippen molar-refractivity contribution in [3.05, 3.63) is 64.9 Å². The normalized spacial score (nSPS) is 11.5. The molecule has 0 spiro atoms. The second kappa shape index (κ2) is 8.24. The summed E-state index contributed by atoms with van der Waals surface area (Å²) in [6, 6.07) is 9.75. The summed E-state index contributed by atoms with van der Waals surface area (Å²) in [6.07, 6.45) is -2.90. The summed E-state index contributed by atoms with van der Waals surface area (Å²) in [4.78, 5) is 12.1. The number of alkyl halides is 3. The van der Waals surface area contributed by atoms with Gasteiger partial charge in [0, 0.05) is 10.7 Å². The van der Waals surface area contributed by atoms with E-state index < -0.39 is 11.7 Å². The first-order chi connectivity index (χ1) is 13.2. The number of thioether (sulfide) groups is 1. The molecular formula is C18H14ClF3N4OS. The Morgan fingerprint density at radius 1 is 1.21 bits per heavy atom. The number of rotatable bonds is 5. The lowest BCUT2D eigenvalue weighted by atomic mass is 10.2. The van der Waals surface area contributed by atoms with Crippen LogP contribution in [0.4, 0.5) is 18.9 Å². The topological polar surface area (TPSA) is 59.8 Å². The lowest BCUT2D eigenvalue weighted by Gasteiger charge is -2.09. The Morgan fingerprint density at radius 2 is 1.93 bits per heavy atom. The summed E-state index contributed by atoms with van der Waals surface area (Å²) in [5.74, 6) is -0.361. The van der Waals surface area contributed by atoms with Crippen molar-refractivity contribution in [1.82, 2.24) is 14.8 Å². The second-order valence-electron chi connectivity index (χ2n) is 5.83. The van der Waals surface area contributed by atoms with Gasteiger partial charge in [-0.05, 0) is 48.9 Å². The maximum Gasteiger partial charge on any atom is 0.416 e. The Bertz CT molecular complexity index is 989. The summed E-state index contributed by atoms with van der Waals surface area (Å²) in [5.41, 5.74) is 1.20. The van der Waals surface area contributed by atoms with E-state index in [1.165, 1.54) is 18.5 Å². The zero-order valence-corrected chi connectivity index (χ0v) is 16.1. The number of nitrogens with one attached hydrogen (secondary N) is 1. The molecule has 0 aliphatic rings. The third kappa shape index (κ3) is 4.85. The number of halogens is 4. The van der Waals surface area contributed by atoms with Gasteiger partial charge >= 0.3 is 6.18 Å². The summed E-state index contributed by atoms with van der Waals surface area (Å²) in [6.45, 7) is 1.89. The molecule has 0 bridgehead atoms. The lowest BCUT2D eigenvalue weighted by molar-refractivity contribution is -0.137. The Balaban J connectivity index is 1.63. The SMILES string of the molecule is Cc1ccc(-n2cnnc2SCC(=O)Nc2ccc(C(F)(F)F)cc2)cc1Cl. The third-order valence-electron chi connectivity index (χ3n) is 3.78. The molecule has 1 N–H and O–H groups in total. The van der Waals surface area contributed by atoms with Crippen LogP contribution in [0, 0.1) is 6.92 Å². The lowest BCUT2D eigenvalue weighted by Crippen LogP contribution is -2.15. The highest BCUT2D eigenvalue weighted by atomic mass is 35.5. The van der Waals surface area contributed by atoms with Crippen molar-refractivity contribution in [2.45, 2.75) is 18.3 Å². The fraction of sp³-hybridized carbons (Fsp3) is 0.167. The standard InChI is InChI=1S/C18H14ClF3N4OS/c1-11-2-7-14(8-15(11)19)26-10-23-25-17(26)28-9-16(27)24-13-5-3-12(4-6-13)18(20,21)22/h2-8,10H,9H2,1H3,(H,24,27). The van der Waals surface area contributed by atoms with Crippen LogP contribution >= 0.6 is 23.4 Å². The van der Waals surface area contributed by atoms with Crippen molar-refractivity contribution in [2.24, 2.45) is 0 Å². The van der Waals surface area contributed by atoms with Gasteiger partial charge in [-0.2, -0.15) is 13.2 Å².